The van der Waals surface area contributed by atoms with Crippen molar-refractivity contribution < 1.29 is 23.8 Å². The quantitative estimate of drug-likeness (QED) is 0.0345. The molecule has 0 aliphatic heterocycles. The van der Waals surface area contributed by atoms with E-state index >= 15 is 0 Å². The first-order valence-corrected chi connectivity index (χ1v) is 29.5. The Morgan fingerprint density at radius 1 is 0.338 bits per heavy atom. The SMILES string of the molecule is CC/C=C\C/C=C\C/C=C\C/C=C\C/C=C\C/C=C\CCC(=O)OCC(COCCCCCCCCCCCCCCCCCC)OC(=O)CCCCCCCCCCCCCCCCCCC. The largest absolute Gasteiger partial charge is 0.462 e. The fraction of sp³-hybridized carbons (Fsp3) is 0.778. The molecule has 1 unspecified atom stereocenters. The van der Waals surface area contributed by atoms with Crippen LogP contribution in [0, 0.1) is 0 Å². The van der Waals surface area contributed by atoms with Gasteiger partial charge in [-0.15, -0.1) is 0 Å². The third-order valence-electron chi connectivity index (χ3n) is 12.8. The number of hydrogen-bond acceptors (Lipinski definition) is 5. The molecule has 0 radical (unpaired) electrons. The van der Waals surface area contributed by atoms with Crippen molar-refractivity contribution in [3.63, 3.8) is 0 Å². The second kappa shape index (κ2) is 58.7. The molecule has 5 heteroatoms. The normalized spacial score (nSPS) is 12.7. The summed E-state index contributed by atoms with van der Waals surface area (Å²) in [5, 5.41) is 0. The van der Waals surface area contributed by atoms with Crippen molar-refractivity contribution in [1.82, 2.24) is 0 Å². The molecule has 0 spiro atoms. The van der Waals surface area contributed by atoms with Gasteiger partial charge in [-0.1, -0.05) is 293 Å². The Kier molecular flexibility index (Phi) is 56.4. The number of carbonyl (C=O) groups is 2. The standard InChI is InChI=1S/C63H112O5/c1-4-7-10-13-16-19-22-25-28-31-32-34-35-38-41-44-47-50-53-56-62(64)67-60-61(59-66-58-55-52-49-46-43-40-37-30-27-24-21-18-15-12-9-6-3)68-63(65)57-54-51-48-45-42-39-36-33-29-26-23-20-17-14-11-8-5-2/h7,10,16,19,25,28,32,34,38,41,47,50,61H,4-6,8-9,11-15,17-18,20-24,26-27,29-31,33,35-37,39-40,42-46,48-49,51-60H2,1-3H3/b10-7-,19-16-,28-25-,34-32-,41-38-,50-47-. The lowest BCUT2D eigenvalue weighted by atomic mass is 10.0. The van der Waals surface area contributed by atoms with E-state index in [1.165, 1.54) is 186 Å². The highest BCUT2D eigenvalue weighted by Crippen LogP contribution is 2.16. The first kappa shape index (κ1) is 65.3. The van der Waals surface area contributed by atoms with E-state index in [1.807, 2.05) is 6.08 Å². The van der Waals surface area contributed by atoms with Gasteiger partial charge < -0.3 is 14.2 Å². The van der Waals surface area contributed by atoms with Crippen molar-refractivity contribution in [3.05, 3.63) is 72.9 Å². The summed E-state index contributed by atoms with van der Waals surface area (Å²) in [7, 11) is 0. The first-order chi connectivity index (χ1) is 33.6. The Labute approximate surface area is 423 Å². The molecular formula is C63H112O5. The van der Waals surface area contributed by atoms with Gasteiger partial charge in [0.2, 0.25) is 0 Å². The predicted octanol–water partition coefficient (Wildman–Crippen LogP) is 20.2. The molecule has 394 valence electrons. The first-order valence-electron chi connectivity index (χ1n) is 29.5. The lowest BCUT2D eigenvalue weighted by molar-refractivity contribution is -0.162. The number of ether oxygens (including phenoxy) is 3. The van der Waals surface area contributed by atoms with Crippen LogP contribution in [0.5, 0.6) is 0 Å². The molecular weight excluding hydrogens is 837 g/mol. The Morgan fingerprint density at radius 3 is 1.03 bits per heavy atom. The van der Waals surface area contributed by atoms with E-state index < -0.39 is 6.10 Å². The minimum absolute atomic E-state index is 0.0479. The van der Waals surface area contributed by atoms with Crippen LogP contribution in [0.3, 0.4) is 0 Å². The highest BCUT2D eigenvalue weighted by Gasteiger charge is 2.17. The molecule has 0 saturated carbocycles. The molecule has 1 atom stereocenters. The topological polar surface area (TPSA) is 61.8 Å². The average Bonchev–Trinajstić information content (AvgIpc) is 3.34. The zero-order valence-electron chi connectivity index (χ0n) is 45.4. The van der Waals surface area contributed by atoms with Crippen LogP contribution >= 0.6 is 0 Å². The van der Waals surface area contributed by atoms with Gasteiger partial charge in [-0.3, -0.25) is 9.59 Å². The number of allylic oxidation sites excluding steroid dienone is 12. The van der Waals surface area contributed by atoms with Crippen molar-refractivity contribution >= 4 is 11.9 Å². The van der Waals surface area contributed by atoms with Crippen molar-refractivity contribution in [3.8, 4) is 0 Å². The zero-order valence-corrected chi connectivity index (χ0v) is 45.4. The zero-order chi connectivity index (χ0) is 49.2. The molecule has 0 heterocycles. The van der Waals surface area contributed by atoms with Gasteiger partial charge >= 0.3 is 11.9 Å². The summed E-state index contributed by atoms with van der Waals surface area (Å²) < 4.78 is 17.4. The van der Waals surface area contributed by atoms with E-state index in [4.69, 9.17) is 14.2 Å². The van der Waals surface area contributed by atoms with Gasteiger partial charge in [-0.25, -0.2) is 0 Å². The minimum Gasteiger partial charge on any atom is -0.462 e. The van der Waals surface area contributed by atoms with Crippen molar-refractivity contribution in [2.45, 2.75) is 297 Å². The molecule has 68 heavy (non-hydrogen) atoms. The van der Waals surface area contributed by atoms with Crippen LogP contribution in [0.2, 0.25) is 0 Å². The second-order valence-electron chi connectivity index (χ2n) is 19.5. The molecule has 0 aromatic rings. The van der Waals surface area contributed by atoms with Gasteiger partial charge in [0.25, 0.3) is 0 Å². The molecule has 5 nitrogen and oxygen atoms in total. The second-order valence-corrected chi connectivity index (χ2v) is 19.5. The molecule has 0 bridgehead atoms. The maximum atomic E-state index is 12.9. The van der Waals surface area contributed by atoms with Crippen molar-refractivity contribution in [1.29, 1.82) is 0 Å². The Bertz CT molecular complexity index is 1210. The smallest absolute Gasteiger partial charge is 0.306 e. The molecule has 0 aliphatic rings. The van der Waals surface area contributed by atoms with Gasteiger partial charge in [-0.2, -0.15) is 0 Å². The molecule has 0 aliphatic carbocycles. The highest BCUT2D eigenvalue weighted by atomic mass is 16.6. The summed E-state index contributed by atoms with van der Waals surface area (Å²) in [6.07, 6.45) is 76.5. The lowest BCUT2D eigenvalue weighted by Crippen LogP contribution is -2.30. The van der Waals surface area contributed by atoms with E-state index in [0.29, 0.717) is 25.9 Å². The average molecular weight is 950 g/mol. The summed E-state index contributed by atoms with van der Waals surface area (Å²) in [5.74, 6) is -0.479. The summed E-state index contributed by atoms with van der Waals surface area (Å²) in [6.45, 7) is 7.69. The van der Waals surface area contributed by atoms with E-state index in [9.17, 15) is 9.59 Å². The third kappa shape index (κ3) is 55.9. The van der Waals surface area contributed by atoms with Crippen LogP contribution in [-0.2, 0) is 23.8 Å². The van der Waals surface area contributed by atoms with Gasteiger partial charge in [0.05, 0.1) is 6.61 Å². The minimum atomic E-state index is -0.566. The Balaban J connectivity index is 4.35. The molecule has 0 amide bonds. The third-order valence-corrected chi connectivity index (χ3v) is 12.8. The molecule has 0 rings (SSSR count). The van der Waals surface area contributed by atoms with Crippen LogP contribution in [0.4, 0.5) is 0 Å². The number of hydrogen-bond donors (Lipinski definition) is 0. The van der Waals surface area contributed by atoms with Crippen LogP contribution in [0.15, 0.2) is 72.9 Å². The molecule has 0 N–H and O–H groups in total. The summed E-state index contributed by atoms with van der Waals surface area (Å²) in [5.41, 5.74) is 0. The number of rotatable bonds is 54. The lowest BCUT2D eigenvalue weighted by Gasteiger charge is -2.18. The van der Waals surface area contributed by atoms with Crippen LogP contribution in [0.1, 0.15) is 290 Å². The monoisotopic (exact) mass is 949 g/mol. The summed E-state index contributed by atoms with van der Waals surface area (Å²) >= 11 is 0. The van der Waals surface area contributed by atoms with Crippen molar-refractivity contribution in [2.24, 2.45) is 0 Å². The number of esters is 2. The Hall–Kier alpha value is -2.66. The van der Waals surface area contributed by atoms with E-state index in [-0.39, 0.29) is 25.2 Å². The molecule has 0 saturated heterocycles. The molecule has 0 fully saturated rings. The maximum Gasteiger partial charge on any atom is 0.306 e. The molecule has 0 aromatic carbocycles. The number of unbranched alkanes of at least 4 members (excludes halogenated alkanes) is 31. The predicted molar refractivity (Wildman–Crippen MR) is 297 cm³/mol. The number of carbonyl (C=O) groups excluding carboxylic acids is 2. The van der Waals surface area contributed by atoms with Gasteiger partial charge in [-0.05, 0) is 57.8 Å². The van der Waals surface area contributed by atoms with Crippen LogP contribution in [-0.4, -0.2) is 37.9 Å². The van der Waals surface area contributed by atoms with E-state index in [1.54, 1.807) is 0 Å². The fourth-order valence-electron chi connectivity index (χ4n) is 8.42. The van der Waals surface area contributed by atoms with Gasteiger partial charge in [0, 0.05) is 19.4 Å². The van der Waals surface area contributed by atoms with Gasteiger partial charge in [0.15, 0.2) is 6.10 Å². The summed E-state index contributed by atoms with van der Waals surface area (Å²) in [6, 6.07) is 0. The highest BCUT2D eigenvalue weighted by molar-refractivity contribution is 5.70. The van der Waals surface area contributed by atoms with Crippen LogP contribution < -0.4 is 0 Å². The summed E-state index contributed by atoms with van der Waals surface area (Å²) in [4.78, 5) is 25.5. The fourth-order valence-corrected chi connectivity index (χ4v) is 8.42. The Morgan fingerprint density at radius 2 is 0.662 bits per heavy atom. The van der Waals surface area contributed by atoms with Gasteiger partial charge in [0.1, 0.15) is 6.61 Å². The van der Waals surface area contributed by atoms with Crippen molar-refractivity contribution in [2.75, 3.05) is 19.8 Å². The molecule has 0 aromatic heterocycles. The van der Waals surface area contributed by atoms with E-state index in [2.05, 4.69) is 87.6 Å². The van der Waals surface area contributed by atoms with E-state index in [0.717, 1.165) is 64.2 Å². The maximum absolute atomic E-state index is 12.9. The van der Waals surface area contributed by atoms with Crippen LogP contribution in [0.25, 0.3) is 0 Å².